The Bertz CT molecular complexity index is 259. The normalized spacial score (nSPS) is 22.9. The van der Waals surface area contributed by atoms with Crippen molar-refractivity contribution in [2.75, 3.05) is 32.1 Å². The van der Waals surface area contributed by atoms with Crippen LogP contribution in [0.3, 0.4) is 0 Å². The summed E-state index contributed by atoms with van der Waals surface area (Å²) in [4.78, 5) is 0. The SMILES string of the molecule is CCS(=O)(=O)OCCCC1CNCCO1. The van der Waals surface area contributed by atoms with Crippen LogP contribution in [-0.2, 0) is 19.0 Å². The van der Waals surface area contributed by atoms with E-state index in [2.05, 4.69) is 5.32 Å². The van der Waals surface area contributed by atoms with Gasteiger partial charge in [-0.1, -0.05) is 0 Å². The average molecular weight is 237 g/mol. The summed E-state index contributed by atoms with van der Waals surface area (Å²) >= 11 is 0. The molecule has 1 aliphatic rings. The van der Waals surface area contributed by atoms with Crippen molar-refractivity contribution in [2.45, 2.75) is 25.9 Å². The van der Waals surface area contributed by atoms with E-state index in [0.29, 0.717) is 6.42 Å². The topological polar surface area (TPSA) is 64.6 Å². The van der Waals surface area contributed by atoms with E-state index in [1.165, 1.54) is 0 Å². The lowest BCUT2D eigenvalue weighted by molar-refractivity contribution is 0.0205. The highest BCUT2D eigenvalue weighted by molar-refractivity contribution is 7.86. The van der Waals surface area contributed by atoms with Crippen molar-refractivity contribution >= 4 is 10.1 Å². The summed E-state index contributed by atoms with van der Waals surface area (Å²) in [5, 5.41) is 3.22. The fraction of sp³-hybridized carbons (Fsp3) is 1.00. The van der Waals surface area contributed by atoms with Gasteiger partial charge in [-0.2, -0.15) is 8.42 Å². The molecule has 0 spiro atoms. The molecular weight excluding hydrogens is 218 g/mol. The van der Waals surface area contributed by atoms with Gasteiger partial charge < -0.3 is 10.1 Å². The molecule has 5 nitrogen and oxygen atoms in total. The van der Waals surface area contributed by atoms with E-state index in [-0.39, 0.29) is 18.5 Å². The second-order valence-electron chi connectivity index (χ2n) is 3.51. The Labute approximate surface area is 91.3 Å². The molecule has 90 valence electrons. The molecule has 0 amide bonds. The van der Waals surface area contributed by atoms with E-state index in [0.717, 1.165) is 26.1 Å². The Balaban J connectivity index is 2.06. The van der Waals surface area contributed by atoms with Crippen molar-refractivity contribution in [3.8, 4) is 0 Å². The number of morpholine rings is 1. The van der Waals surface area contributed by atoms with Crippen molar-refractivity contribution in [1.82, 2.24) is 5.32 Å². The quantitative estimate of drug-likeness (QED) is 0.525. The third-order valence-corrected chi connectivity index (χ3v) is 3.52. The predicted octanol–water partition coefficient (Wildman–Crippen LogP) is 0.121. The van der Waals surface area contributed by atoms with Gasteiger partial charge in [0.25, 0.3) is 10.1 Å². The Hall–Kier alpha value is -0.170. The highest BCUT2D eigenvalue weighted by Crippen LogP contribution is 2.05. The summed E-state index contributed by atoms with van der Waals surface area (Å²) in [6.45, 7) is 4.32. The lowest BCUT2D eigenvalue weighted by atomic mass is 10.2. The monoisotopic (exact) mass is 237 g/mol. The molecule has 6 heteroatoms. The third-order valence-electron chi connectivity index (χ3n) is 2.29. The van der Waals surface area contributed by atoms with Crippen LogP contribution in [0, 0.1) is 0 Å². The molecule has 1 heterocycles. The first-order valence-electron chi connectivity index (χ1n) is 5.33. The van der Waals surface area contributed by atoms with Crippen LogP contribution in [0.25, 0.3) is 0 Å². The van der Waals surface area contributed by atoms with Gasteiger partial charge in [-0.3, -0.25) is 4.18 Å². The molecule has 1 atom stereocenters. The second-order valence-corrected chi connectivity index (χ2v) is 5.44. The van der Waals surface area contributed by atoms with Gasteiger partial charge in [0, 0.05) is 13.1 Å². The van der Waals surface area contributed by atoms with Crippen LogP contribution >= 0.6 is 0 Å². The first kappa shape index (κ1) is 12.9. The minimum absolute atomic E-state index is 0.0362. The Kier molecular flexibility index (Phi) is 5.52. The minimum atomic E-state index is -3.28. The first-order chi connectivity index (χ1) is 7.14. The standard InChI is InChI=1S/C9H19NO4S/c1-2-15(11,12)14-6-3-4-9-8-10-5-7-13-9/h9-10H,2-8H2,1H3. The third kappa shape index (κ3) is 5.46. The molecule has 0 radical (unpaired) electrons. The minimum Gasteiger partial charge on any atom is -0.376 e. The van der Waals surface area contributed by atoms with Crippen LogP contribution in [-0.4, -0.2) is 46.6 Å². The summed E-state index contributed by atoms with van der Waals surface area (Å²) in [5.74, 6) is 0.0362. The number of hydrogen-bond donors (Lipinski definition) is 1. The molecular formula is C9H19NO4S. The molecule has 0 aromatic heterocycles. The lowest BCUT2D eigenvalue weighted by Gasteiger charge is -2.23. The fourth-order valence-corrected chi connectivity index (χ4v) is 1.92. The maximum Gasteiger partial charge on any atom is 0.267 e. The number of rotatable bonds is 6. The van der Waals surface area contributed by atoms with Crippen LogP contribution in [0.1, 0.15) is 19.8 Å². The summed E-state index contributed by atoms with van der Waals surface area (Å²) in [7, 11) is -3.28. The Morgan fingerprint density at radius 1 is 1.53 bits per heavy atom. The van der Waals surface area contributed by atoms with Crippen LogP contribution in [0.15, 0.2) is 0 Å². The van der Waals surface area contributed by atoms with E-state index in [1.54, 1.807) is 6.92 Å². The van der Waals surface area contributed by atoms with Gasteiger partial charge in [0.05, 0.1) is 25.1 Å². The Morgan fingerprint density at radius 3 is 2.93 bits per heavy atom. The first-order valence-corrected chi connectivity index (χ1v) is 6.91. The van der Waals surface area contributed by atoms with Gasteiger partial charge in [0.1, 0.15) is 0 Å². The molecule has 0 bridgehead atoms. The van der Waals surface area contributed by atoms with Crippen molar-refractivity contribution in [3.63, 3.8) is 0 Å². The zero-order valence-corrected chi connectivity index (χ0v) is 9.88. The van der Waals surface area contributed by atoms with E-state index in [1.807, 2.05) is 0 Å². The second kappa shape index (κ2) is 6.42. The maximum atomic E-state index is 11.0. The lowest BCUT2D eigenvalue weighted by Crippen LogP contribution is -2.38. The highest BCUT2D eigenvalue weighted by Gasteiger charge is 2.13. The van der Waals surface area contributed by atoms with Crippen LogP contribution in [0.5, 0.6) is 0 Å². The molecule has 15 heavy (non-hydrogen) atoms. The Morgan fingerprint density at radius 2 is 2.33 bits per heavy atom. The van der Waals surface area contributed by atoms with E-state index in [4.69, 9.17) is 8.92 Å². The molecule has 0 saturated carbocycles. The van der Waals surface area contributed by atoms with Crippen LogP contribution in [0.4, 0.5) is 0 Å². The number of hydrogen-bond acceptors (Lipinski definition) is 5. The van der Waals surface area contributed by atoms with E-state index in [9.17, 15) is 8.42 Å². The maximum absolute atomic E-state index is 11.0. The van der Waals surface area contributed by atoms with Gasteiger partial charge in [0.15, 0.2) is 0 Å². The molecule has 0 aromatic rings. The van der Waals surface area contributed by atoms with E-state index < -0.39 is 10.1 Å². The molecule has 1 N–H and O–H groups in total. The predicted molar refractivity (Wildman–Crippen MR) is 57.3 cm³/mol. The van der Waals surface area contributed by atoms with Gasteiger partial charge in [0.2, 0.25) is 0 Å². The zero-order valence-electron chi connectivity index (χ0n) is 9.07. The molecule has 1 fully saturated rings. The largest absolute Gasteiger partial charge is 0.376 e. The van der Waals surface area contributed by atoms with E-state index >= 15 is 0 Å². The molecule has 0 aliphatic carbocycles. The summed E-state index contributed by atoms with van der Waals surface area (Å²) < 4.78 is 32.2. The van der Waals surface area contributed by atoms with Crippen molar-refractivity contribution in [1.29, 1.82) is 0 Å². The molecule has 1 rings (SSSR count). The van der Waals surface area contributed by atoms with Crippen LogP contribution < -0.4 is 5.32 Å². The van der Waals surface area contributed by atoms with Gasteiger partial charge in [-0.15, -0.1) is 0 Å². The summed E-state index contributed by atoms with van der Waals surface area (Å²) in [6.07, 6.45) is 1.75. The zero-order chi connectivity index (χ0) is 11.1. The van der Waals surface area contributed by atoms with Gasteiger partial charge in [-0.05, 0) is 19.8 Å². The van der Waals surface area contributed by atoms with Crippen molar-refractivity contribution < 1.29 is 17.3 Å². The average Bonchev–Trinajstić information content (AvgIpc) is 2.26. The molecule has 1 unspecified atom stereocenters. The number of ether oxygens (including phenoxy) is 1. The summed E-state index contributed by atoms with van der Waals surface area (Å²) in [5.41, 5.74) is 0. The molecule has 1 saturated heterocycles. The van der Waals surface area contributed by atoms with Gasteiger partial charge in [-0.25, -0.2) is 0 Å². The highest BCUT2D eigenvalue weighted by atomic mass is 32.2. The molecule has 0 aromatic carbocycles. The number of nitrogens with one attached hydrogen (secondary N) is 1. The fourth-order valence-electron chi connectivity index (χ4n) is 1.39. The smallest absolute Gasteiger partial charge is 0.267 e. The molecule has 1 aliphatic heterocycles. The summed E-state index contributed by atoms with van der Waals surface area (Å²) in [6, 6.07) is 0. The van der Waals surface area contributed by atoms with Crippen LogP contribution in [0.2, 0.25) is 0 Å². The van der Waals surface area contributed by atoms with Crippen molar-refractivity contribution in [3.05, 3.63) is 0 Å². The van der Waals surface area contributed by atoms with Gasteiger partial charge >= 0.3 is 0 Å². The van der Waals surface area contributed by atoms with Crippen molar-refractivity contribution in [2.24, 2.45) is 0 Å².